The summed E-state index contributed by atoms with van der Waals surface area (Å²) in [6.45, 7) is 9.13. The molecule has 0 spiro atoms. The number of carbonyl (C=O) groups excluding carboxylic acids is 1. The number of likely N-dealkylation sites (tertiary alicyclic amines) is 1. The highest BCUT2D eigenvalue weighted by atomic mass is 16.1. The van der Waals surface area contributed by atoms with Gasteiger partial charge in [-0.3, -0.25) is 4.79 Å². The molecular formula is C22H37N5O. The summed E-state index contributed by atoms with van der Waals surface area (Å²) in [6.07, 6.45) is 5.92. The lowest BCUT2D eigenvalue weighted by atomic mass is 10.0. The van der Waals surface area contributed by atoms with Gasteiger partial charge in [0.2, 0.25) is 5.91 Å². The Labute approximate surface area is 170 Å². The second-order valence-electron chi connectivity index (χ2n) is 7.44. The van der Waals surface area contributed by atoms with E-state index >= 15 is 0 Å². The molecule has 1 saturated heterocycles. The van der Waals surface area contributed by atoms with Crippen LogP contribution in [0.3, 0.4) is 0 Å². The number of nitrogens with zero attached hydrogens (tertiary/aromatic N) is 2. The van der Waals surface area contributed by atoms with Crippen molar-refractivity contribution in [2.24, 2.45) is 4.99 Å². The molecule has 1 amide bonds. The Kier molecular flexibility index (Phi) is 10.4. The van der Waals surface area contributed by atoms with Crippen LogP contribution in [-0.4, -0.2) is 62.1 Å². The molecule has 1 aliphatic rings. The van der Waals surface area contributed by atoms with Gasteiger partial charge in [0.15, 0.2) is 5.96 Å². The average Bonchev–Trinajstić information content (AvgIpc) is 2.71. The van der Waals surface area contributed by atoms with Crippen LogP contribution in [0.15, 0.2) is 35.3 Å². The summed E-state index contributed by atoms with van der Waals surface area (Å²) in [6, 6.07) is 10.9. The van der Waals surface area contributed by atoms with Gasteiger partial charge in [-0.1, -0.05) is 36.8 Å². The largest absolute Gasteiger partial charge is 0.357 e. The van der Waals surface area contributed by atoms with E-state index in [2.05, 4.69) is 44.9 Å². The average molecular weight is 388 g/mol. The van der Waals surface area contributed by atoms with Gasteiger partial charge in [0, 0.05) is 32.2 Å². The van der Waals surface area contributed by atoms with Gasteiger partial charge in [0.05, 0.1) is 0 Å². The predicted molar refractivity (Wildman–Crippen MR) is 117 cm³/mol. The fourth-order valence-electron chi connectivity index (χ4n) is 3.52. The number of hydrogen-bond donors (Lipinski definition) is 3. The van der Waals surface area contributed by atoms with E-state index < -0.39 is 0 Å². The molecule has 1 fully saturated rings. The lowest BCUT2D eigenvalue weighted by Crippen LogP contribution is -2.41. The van der Waals surface area contributed by atoms with Gasteiger partial charge in [0.25, 0.3) is 0 Å². The van der Waals surface area contributed by atoms with Crippen LogP contribution >= 0.6 is 0 Å². The van der Waals surface area contributed by atoms with Crippen molar-refractivity contribution in [1.82, 2.24) is 20.9 Å². The van der Waals surface area contributed by atoms with Crippen LogP contribution in [0.25, 0.3) is 0 Å². The molecule has 1 aliphatic heterocycles. The molecule has 0 bridgehead atoms. The van der Waals surface area contributed by atoms with E-state index in [1.165, 1.54) is 31.4 Å². The van der Waals surface area contributed by atoms with E-state index in [1.54, 1.807) is 0 Å². The molecule has 0 saturated carbocycles. The first kappa shape index (κ1) is 22.2. The van der Waals surface area contributed by atoms with Crippen LogP contribution in [0.2, 0.25) is 0 Å². The fraction of sp³-hybridized carbons (Fsp3) is 0.636. The number of guanidine groups is 1. The monoisotopic (exact) mass is 387 g/mol. The second-order valence-corrected chi connectivity index (χ2v) is 7.44. The first-order chi connectivity index (χ1) is 13.7. The van der Waals surface area contributed by atoms with Crippen molar-refractivity contribution in [1.29, 1.82) is 0 Å². The summed E-state index contributed by atoms with van der Waals surface area (Å²) in [5, 5.41) is 9.49. The third-order valence-electron chi connectivity index (χ3n) is 5.16. The Bertz CT molecular complexity index is 590. The number of hydrogen-bond acceptors (Lipinski definition) is 3. The van der Waals surface area contributed by atoms with Crippen molar-refractivity contribution >= 4 is 11.9 Å². The van der Waals surface area contributed by atoms with Gasteiger partial charge in [-0.05, 0) is 51.6 Å². The third kappa shape index (κ3) is 8.74. The van der Waals surface area contributed by atoms with Crippen LogP contribution < -0.4 is 16.0 Å². The maximum atomic E-state index is 12.0. The van der Waals surface area contributed by atoms with Gasteiger partial charge in [-0.15, -0.1) is 0 Å². The van der Waals surface area contributed by atoms with E-state index in [-0.39, 0.29) is 12.5 Å². The lowest BCUT2D eigenvalue weighted by molar-refractivity contribution is -0.119. The van der Waals surface area contributed by atoms with Gasteiger partial charge in [-0.25, -0.2) is 4.99 Å². The predicted octanol–water partition coefficient (Wildman–Crippen LogP) is 2.16. The quantitative estimate of drug-likeness (QED) is 0.327. The zero-order valence-corrected chi connectivity index (χ0v) is 17.5. The molecule has 1 atom stereocenters. The first-order valence-electron chi connectivity index (χ1n) is 10.8. The molecule has 3 N–H and O–H groups in total. The van der Waals surface area contributed by atoms with Crippen molar-refractivity contribution in [3.63, 3.8) is 0 Å². The van der Waals surface area contributed by atoms with E-state index in [4.69, 9.17) is 0 Å². The number of piperidine rings is 1. The number of rotatable bonds is 10. The minimum absolute atomic E-state index is 0.0460. The summed E-state index contributed by atoms with van der Waals surface area (Å²) in [4.78, 5) is 19.0. The molecule has 0 aromatic heterocycles. The van der Waals surface area contributed by atoms with Crippen molar-refractivity contribution in [3.05, 3.63) is 35.9 Å². The SMILES string of the molecule is CCNC(=NCC(=O)NCCc1ccccc1)NCCCN1CCCCC1C. The summed E-state index contributed by atoms with van der Waals surface area (Å²) in [7, 11) is 0. The molecule has 2 rings (SSSR count). The summed E-state index contributed by atoms with van der Waals surface area (Å²) in [5.41, 5.74) is 1.23. The smallest absolute Gasteiger partial charge is 0.241 e. The highest BCUT2D eigenvalue weighted by Crippen LogP contribution is 2.15. The zero-order valence-electron chi connectivity index (χ0n) is 17.5. The molecule has 1 aromatic carbocycles. The molecule has 1 aromatic rings. The molecular weight excluding hydrogens is 350 g/mol. The summed E-state index contributed by atoms with van der Waals surface area (Å²) >= 11 is 0. The minimum Gasteiger partial charge on any atom is -0.357 e. The summed E-state index contributed by atoms with van der Waals surface area (Å²) in [5.74, 6) is 0.669. The maximum Gasteiger partial charge on any atom is 0.241 e. The van der Waals surface area contributed by atoms with Crippen molar-refractivity contribution in [2.45, 2.75) is 52.0 Å². The van der Waals surface area contributed by atoms with E-state index in [9.17, 15) is 4.79 Å². The summed E-state index contributed by atoms with van der Waals surface area (Å²) < 4.78 is 0. The topological polar surface area (TPSA) is 68.8 Å². The highest BCUT2D eigenvalue weighted by Gasteiger charge is 2.17. The van der Waals surface area contributed by atoms with Crippen LogP contribution in [0.5, 0.6) is 0 Å². The van der Waals surface area contributed by atoms with Crippen molar-refractivity contribution in [3.8, 4) is 0 Å². The molecule has 6 nitrogen and oxygen atoms in total. The highest BCUT2D eigenvalue weighted by molar-refractivity contribution is 5.84. The van der Waals surface area contributed by atoms with Crippen LogP contribution in [0.1, 0.15) is 45.1 Å². The van der Waals surface area contributed by atoms with Crippen molar-refractivity contribution in [2.75, 3.05) is 39.3 Å². The number of aliphatic imine (C=N–C) groups is 1. The Balaban J connectivity index is 1.63. The Morgan fingerprint density at radius 2 is 1.96 bits per heavy atom. The van der Waals surface area contributed by atoms with Crippen molar-refractivity contribution < 1.29 is 4.79 Å². The van der Waals surface area contributed by atoms with Gasteiger partial charge in [-0.2, -0.15) is 0 Å². The molecule has 0 aliphatic carbocycles. The Morgan fingerprint density at radius 3 is 2.71 bits per heavy atom. The molecule has 0 radical (unpaired) electrons. The fourth-order valence-corrected chi connectivity index (χ4v) is 3.52. The van der Waals surface area contributed by atoms with E-state index in [1.807, 2.05) is 25.1 Å². The van der Waals surface area contributed by atoms with Gasteiger partial charge in [0.1, 0.15) is 6.54 Å². The standard InChI is InChI=1S/C22H37N5O/c1-3-23-22(25-14-9-17-27-16-8-7-10-19(27)2)26-18-21(28)24-15-13-20-11-5-4-6-12-20/h4-6,11-12,19H,3,7-10,13-18H2,1-2H3,(H,24,28)(H2,23,25,26). The van der Waals surface area contributed by atoms with Crippen LogP contribution in [-0.2, 0) is 11.2 Å². The molecule has 156 valence electrons. The van der Waals surface area contributed by atoms with Crippen LogP contribution in [0, 0.1) is 0 Å². The Morgan fingerprint density at radius 1 is 1.14 bits per heavy atom. The number of nitrogens with one attached hydrogen (secondary N) is 3. The molecule has 1 unspecified atom stereocenters. The number of carbonyl (C=O) groups is 1. The normalized spacial score (nSPS) is 17.9. The van der Waals surface area contributed by atoms with E-state index in [0.717, 1.165) is 32.5 Å². The Hall–Kier alpha value is -2.08. The van der Waals surface area contributed by atoms with Gasteiger partial charge >= 0.3 is 0 Å². The maximum absolute atomic E-state index is 12.0. The second kappa shape index (κ2) is 13.2. The first-order valence-corrected chi connectivity index (χ1v) is 10.8. The van der Waals surface area contributed by atoms with Crippen LogP contribution in [0.4, 0.5) is 0 Å². The molecule has 6 heteroatoms. The molecule has 28 heavy (non-hydrogen) atoms. The number of amides is 1. The number of benzene rings is 1. The van der Waals surface area contributed by atoms with Gasteiger partial charge < -0.3 is 20.9 Å². The van der Waals surface area contributed by atoms with E-state index in [0.29, 0.717) is 18.5 Å². The minimum atomic E-state index is -0.0460. The molecule has 1 heterocycles. The third-order valence-corrected chi connectivity index (χ3v) is 5.16. The zero-order chi connectivity index (χ0) is 20.0. The lowest BCUT2D eigenvalue weighted by Gasteiger charge is -2.33.